The van der Waals surface area contributed by atoms with Gasteiger partial charge in [-0.15, -0.1) is 0 Å². The number of nitrogens with zero attached hydrogens (tertiary/aromatic N) is 1. The molecule has 0 spiro atoms. The average Bonchev–Trinajstić information content (AvgIpc) is 2.38. The Morgan fingerprint density at radius 2 is 2.30 bits per heavy atom. The number of piperidine rings is 1. The summed E-state index contributed by atoms with van der Waals surface area (Å²) in [5.41, 5.74) is 0.970. The Morgan fingerprint density at radius 3 is 3.00 bits per heavy atom. The van der Waals surface area contributed by atoms with Gasteiger partial charge in [0.2, 0.25) is 0 Å². The molecule has 0 radical (unpaired) electrons. The summed E-state index contributed by atoms with van der Waals surface area (Å²) in [5, 5.41) is 9.02. The van der Waals surface area contributed by atoms with E-state index in [4.69, 9.17) is 5.11 Å². The van der Waals surface area contributed by atoms with E-state index in [1.165, 1.54) is 6.07 Å². The van der Waals surface area contributed by atoms with Gasteiger partial charge in [-0.05, 0) is 50.4 Å². The highest BCUT2D eigenvalue weighted by molar-refractivity contribution is 5.67. The van der Waals surface area contributed by atoms with Gasteiger partial charge in [0.1, 0.15) is 5.82 Å². The van der Waals surface area contributed by atoms with Gasteiger partial charge in [0.15, 0.2) is 0 Å². The van der Waals surface area contributed by atoms with E-state index < -0.39 is 5.97 Å². The van der Waals surface area contributed by atoms with Crippen molar-refractivity contribution in [1.29, 1.82) is 0 Å². The van der Waals surface area contributed by atoms with E-state index in [0.29, 0.717) is 0 Å². The number of carbonyl (C=O) groups is 1. The van der Waals surface area contributed by atoms with E-state index >= 15 is 0 Å². The summed E-state index contributed by atoms with van der Waals surface area (Å²) < 4.78 is 13.2. The van der Waals surface area contributed by atoms with Gasteiger partial charge in [0.25, 0.3) is 0 Å². The van der Waals surface area contributed by atoms with E-state index in [1.54, 1.807) is 12.1 Å². The fraction of sp³-hybridized carbons (Fsp3) is 0.562. The summed E-state index contributed by atoms with van der Waals surface area (Å²) in [4.78, 5) is 13.2. The number of benzene rings is 1. The standard InChI is InChI=1S/C16H22FNO2/c1-12(9-13-5-4-6-14(17)10-13)18-8-3-2-7-15(18)11-16(19)20/h4-6,10,12,15H,2-3,7-9,11H2,1H3,(H,19,20). The molecule has 2 atom stereocenters. The third-order valence-corrected chi connectivity index (χ3v) is 4.07. The van der Waals surface area contributed by atoms with E-state index in [2.05, 4.69) is 11.8 Å². The fourth-order valence-corrected chi connectivity index (χ4v) is 3.15. The van der Waals surface area contributed by atoms with Gasteiger partial charge in [-0.2, -0.15) is 0 Å². The van der Waals surface area contributed by atoms with Crippen LogP contribution < -0.4 is 0 Å². The molecular weight excluding hydrogens is 257 g/mol. The van der Waals surface area contributed by atoms with Crippen LogP contribution in [0.25, 0.3) is 0 Å². The van der Waals surface area contributed by atoms with E-state index in [9.17, 15) is 9.18 Å². The topological polar surface area (TPSA) is 40.5 Å². The molecule has 110 valence electrons. The van der Waals surface area contributed by atoms with Crippen LogP contribution in [0.5, 0.6) is 0 Å². The Labute approximate surface area is 119 Å². The van der Waals surface area contributed by atoms with E-state index in [-0.39, 0.29) is 24.3 Å². The predicted octanol–water partition coefficient (Wildman–Crippen LogP) is 3.09. The van der Waals surface area contributed by atoms with Crippen molar-refractivity contribution >= 4 is 5.97 Å². The first-order valence-corrected chi connectivity index (χ1v) is 7.28. The maximum absolute atomic E-state index is 13.2. The summed E-state index contributed by atoms with van der Waals surface area (Å²) in [5.74, 6) is -0.949. The minimum Gasteiger partial charge on any atom is -0.481 e. The SMILES string of the molecule is CC(Cc1cccc(F)c1)N1CCCCC1CC(=O)O. The first kappa shape index (κ1) is 15.0. The van der Waals surface area contributed by atoms with Crippen molar-refractivity contribution in [2.45, 2.75) is 51.1 Å². The molecule has 2 unspecified atom stereocenters. The lowest BCUT2D eigenvalue weighted by Crippen LogP contribution is -2.46. The minimum atomic E-state index is -0.736. The highest BCUT2D eigenvalue weighted by Crippen LogP contribution is 2.23. The van der Waals surface area contributed by atoms with Gasteiger partial charge in [0.05, 0.1) is 6.42 Å². The van der Waals surface area contributed by atoms with Crippen molar-refractivity contribution in [2.75, 3.05) is 6.54 Å². The van der Waals surface area contributed by atoms with Crippen molar-refractivity contribution in [3.8, 4) is 0 Å². The molecule has 0 aromatic heterocycles. The van der Waals surface area contributed by atoms with Gasteiger partial charge in [-0.3, -0.25) is 9.69 Å². The van der Waals surface area contributed by atoms with Gasteiger partial charge in [-0.1, -0.05) is 18.6 Å². The van der Waals surface area contributed by atoms with Crippen molar-refractivity contribution in [2.24, 2.45) is 0 Å². The molecular formula is C16H22FNO2. The van der Waals surface area contributed by atoms with Crippen molar-refractivity contribution < 1.29 is 14.3 Å². The lowest BCUT2D eigenvalue weighted by Gasteiger charge is -2.39. The smallest absolute Gasteiger partial charge is 0.304 e. The Morgan fingerprint density at radius 1 is 1.50 bits per heavy atom. The first-order chi connectivity index (χ1) is 9.56. The van der Waals surface area contributed by atoms with E-state index in [0.717, 1.165) is 37.8 Å². The number of carboxylic acid groups (broad SMARTS) is 1. The molecule has 0 amide bonds. The van der Waals surface area contributed by atoms with Crippen LogP contribution in [0.1, 0.15) is 38.2 Å². The Hall–Kier alpha value is -1.42. The quantitative estimate of drug-likeness (QED) is 0.900. The molecule has 0 bridgehead atoms. The molecule has 1 aliphatic rings. The molecule has 1 aromatic rings. The summed E-state index contributed by atoms with van der Waals surface area (Å²) in [6.45, 7) is 3.04. The Kier molecular flexibility index (Phi) is 5.12. The van der Waals surface area contributed by atoms with Crippen molar-refractivity contribution in [1.82, 2.24) is 4.90 Å². The zero-order chi connectivity index (χ0) is 14.5. The molecule has 1 heterocycles. The third kappa shape index (κ3) is 4.04. The maximum Gasteiger partial charge on any atom is 0.304 e. The molecule has 1 fully saturated rings. The number of rotatable bonds is 5. The highest BCUT2D eigenvalue weighted by Gasteiger charge is 2.28. The van der Waals surface area contributed by atoms with Gasteiger partial charge >= 0.3 is 5.97 Å². The third-order valence-electron chi connectivity index (χ3n) is 4.07. The van der Waals surface area contributed by atoms with Gasteiger partial charge < -0.3 is 5.11 Å². The average molecular weight is 279 g/mol. The largest absolute Gasteiger partial charge is 0.481 e. The van der Waals surface area contributed by atoms with Crippen LogP contribution >= 0.6 is 0 Å². The summed E-state index contributed by atoms with van der Waals surface area (Å²) >= 11 is 0. The van der Waals surface area contributed by atoms with Crippen LogP contribution in [0.3, 0.4) is 0 Å². The van der Waals surface area contributed by atoms with Crippen LogP contribution in [0.2, 0.25) is 0 Å². The molecule has 1 aromatic carbocycles. The molecule has 20 heavy (non-hydrogen) atoms. The lowest BCUT2D eigenvalue weighted by molar-refractivity contribution is -0.139. The van der Waals surface area contributed by atoms with Crippen molar-refractivity contribution in [3.63, 3.8) is 0 Å². The maximum atomic E-state index is 13.2. The van der Waals surface area contributed by atoms with Crippen LogP contribution in [0.15, 0.2) is 24.3 Å². The van der Waals surface area contributed by atoms with Crippen LogP contribution in [-0.2, 0) is 11.2 Å². The molecule has 0 aliphatic carbocycles. The number of carboxylic acids is 1. The highest BCUT2D eigenvalue weighted by atomic mass is 19.1. The normalized spacial score (nSPS) is 21.6. The van der Waals surface area contributed by atoms with E-state index in [1.807, 2.05) is 6.07 Å². The van der Waals surface area contributed by atoms with Crippen LogP contribution in [0.4, 0.5) is 4.39 Å². The zero-order valence-corrected chi connectivity index (χ0v) is 11.9. The van der Waals surface area contributed by atoms with Gasteiger partial charge in [-0.25, -0.2) is 4.39 Å². The summed E-state index contributed by atoms with van der Waals surface area (Å²) in [7, 11) is 0. The lowest BCUT2D eigenvalue weighted by atomic mass is 9.95. The number of aliphatic carboxylic acids is 1. The molecule has 0 saturated carbocycles. The molecule has 2 rings (SSSR count). The molecule has 1 N–H and O–H groups in total. The predicted molar refractivity (Wildman–Crippen MR) is 76.2 cm³/mol. The molecule has 1 saturated heterocycles. The number of hydrogen-bond donors (Lipinski definition) is 1. The monoisotopic (exact) mass is 279 g/mol. The molecule has 3 nitrogen and oxygen atoms in total. The number of likely N-dealkylation sites (tertiary alicyclic amines) is 1. The second-order valence-corrected chi connectivity index (χ2v) is 5.67. The van der Waals surface area contributed by atoms with Gasteiger partial charge in [0, 0.05) is 12.1 Å². The Bertz CT molecular complexity index is 464. The minimum absolute atomic E-state index is 0.116. The molecule has 1 aliphatic heterocycles. The van der Waals surface area contributed by atoms with Crippen molar-refractivity contribution in [3.05, 3.63) is 35.6 Å². The summed E-state index contributed by atoms with van der Waals surface area (Å²) in [6.07, 6.45) is 4.12. The second-order valence-electron chi connectivity index (χ2n) is 5.67. The number of hydrogen-bond acceptors (Lipinski definition) is 2. The molecule has 4 heteroatoms. The first-order valence-electron chi connectivity index (χ1n) is 7.28. The number of halogens is 1. The van der Waals surface area contributed by atoms with Crippen LogP contribution in [-0.4, -0.2) is 34.6 Å². The Balaban J connectivity index is 2.01. The zero-order valence-electron chi connectivity index (χ0n) is 11.9. The second kappa shape index (κ2) is 6.84. The summed E-state index contributed by atoms with van der Waals surface area (Å²) in [6, 6.07) is 7.01. The van der Waals surface area contributed by atoms with Crippen LogP contribution in [0, 0.1) is 5.82 Å². The fourth-order valence-electron chi connectivity index (χ4n) is 3.15.